The van der Waals surface area contributed by atoms with E-state index in [9.17, 15) is 9.59 Å². The summed E-state index contributed by atoms with van der Waals surface area (Å²) >= 11 is 0. The van der Waals surface area contributed by atoms with E-state index in [2.05, 4.69) is 0 Å². The lowest BCUT2D eigenvalue weighted by molar-refractivity contribution is -0.147. The molecule has 19 heavy (non-hydrogen) atoms. The molecule has 1 aromatic carbocycles. The van der Waals surface area contributed by atoms with Crippen LogP contribution in [0.25, 0.3) is 0 Å². The number of carbonyl (C=O) groups is 2. The van der Waals surface area contributed by atoms with E-state index in [1.165, 1.54) is 12.0 Å². The molecule has 0 heterocycles. The van der Waals surface area contributed by atoms with Gasteiger partial charge in [0.25, 0.3) is 5.91 Å². The third kappa shape index (κ3) is 3.71. The Balaban J connectivity index is 2.83. The van der Waals surface area contributed by atoms with E-state index in [0.717, 1.165) is 0 Å². The second-order valence-corrected chi connectivity index (χ2v) is 4.08. The molecule has 0 aliphatic carbocycles. The summed E-state index contributed by atoms with van der Waals surface area (Å²) in [5.74, 6) is -0.0660. The summed E-state index contributed by atoms with van der Waals surface area (Å²) in [5.41, 5.74) is 0.470. The van der Waals surface area contributed by atoms with Gasteiger partial charge in [-0.3, -0.25) is 4.79 Å². The normalized spacial score (nSPS) is 11.6. The van der Waals surface area contributed by atoms with E-state index < -0.39 is 12.0 Å². The number of benzene rings is 1. The lowest BCUT2D eigenvalue weighted by Gasteiger charge is -2.23. The van der Waals surface area contributed by atoms with Crippen molar-refractivity contribution < 1.29 is 19.1 Å². The monoisotopic (exact) mass is 265 g/mol. The smallest absolute Gasteiger partial charge is 0.328 e. The average molecular weight is 265 g/mol. The predicted molar refractivity (Wildman–Crippen MR) is 71.2 cm³/mol. The zero-order valence-corrected chi connectivity index (χ0v) is 11.7. The highest BCUT2D eigenvalue weighted by molar-refractivity contribution is 5.96. The van der Waals surface area contributed by atoms with Crippen molar-refractivity contribution in [2.45, 2.75) is 19.9 Å². The van der Waals surface area contributed by atoms with E-state index in [0.29, 0.717) is 17.9 Å². The fourth-order valence-corrected chi connectivity index (χ4v) is 1.56. The molecule has 0 radical (unpaired) electrons. The van der Waals surface area contributed by atoms with Crippen LogP contribution in [0.15, 0.2) is 24.3 Å². The molecule has 0 saturated heterocycles. The molecule has 1 aromatic rings. The van der Waals surface area contributed by atoms with E-state index in [4.69, 9.17) is 9.47 Å². The topological polar surface area (TPSA) is 55.8 Å². The van der Waals surface area contributed by atoms with Crippen LogP contribution in [-0.2, 0) is 9.53 Å². The number of amides is 1. The summed E-state index contributed by atoms with van der Waals surface area (Å²) in [6.45, 7) is 3.66. The standard InChI is InChI=1S/C14H19NO4/c1-5-19-14(17)10(2)15(3)13(16)11-7-6-8-12(9-11)18-4/h6-10H,5H2,1-4H3. The Morgan fingerprint density at radius 2 is 2.05 bits per heavy atom. The minimum absolute atomic E-state index is 0.251. The predicted octanol–water partition coefficient (Wildman–Crippen LogP) is 1.72. The average Bonchev–Trinajstić information content (AvgIpc) is 2.45. The number of esters is 1. The second kappa shape index (κ2) is 6.78. The highest BCUT2D eigenvalue weighted by Gasteiger charge is 2.24. The van der Waals surface area contributed by atoms with Crippen molar-refractivity contribution in [2.24, 2.45) is 0 Å². The molecule has 0 aromatic heterocycles. The molecule has 0 saturated carbocycles. The van der Waals surface area contributed by atoms with Crippen LogP contribution in [0.1, 0.15) is 24.2 Å². The molecule has 0 spiro atoms. The lowest BCUT2D eigenvalue weighted by atomic mass is 10.1. The van der Waals surface area contributed by atoms with E-state index in [-0.39, 0.29) is 5.91 Å². The van der Waals surface area contributed by atoms with Gasteiger partial charge in [-0.05, 0) is 32.0 Å². The maximum absolute atomic E-state index is 12.2. The van der Waals surface area contributed by atoms with Gasteiger partial charge in [0.05, 0.1) is 13.7 Å². The van der Waals surface area contributed by atoms with Crippen molar-refractivity contribution in [2.75, 3.05) is 20.8 Å². The van der Waals surface area contributed by atoms with Gasteiger partial charge in [0.2, 0.25) is 0 Å². The molecule has 0 N–H and O–H groups in total. The SMILES string of the molecule is CCOC(=O)C(C)N(C)C(=O)c1cccc(OC)c1. The van der Waals surface area contributed by atoms with Gasteiger partial charge in [-0.25, -0.2) is 4.79 Å². The van der Waals surface area contributed by atoms with Crippen LogP contribution < -0.4 is 4.74 Å². The summed E-state index contributed by atoms with van der Waals surface area (Å²) in [6.07, 6.45) is 0. The summed E-state index contributed by atoms with van der Waals surface area (Å²) in [5, 5.41) is 0. The van der Waals surface area contributed by atoms with E-state index in [1.54, 1.807) is 45.2 Å². The minimum Gasteiger partial charge on any atom is -0.497 e. The molecule has 1 rings (SSSR count). The van der Waals surface area contributed by atoms with Crippen molar-refractivity contribution >= 4 is 11.9 Å². The first-order chi connectivity index (χ1) is 9.01. The first-order valence-electron chi connectivity index (χ1n) is 6.09. The Labute approximate surface area is 113 Å². The molecule has 0 bridgehead atoms. The highest BCUT2D eigenvalue weighted by Crippen LogP contribution is 2.15. The van der Waals surface area contributed by atoms with Crippen molar-refractivity contribution in [1.82, 2.24) is 4.90 Å². The molecule has 1 atom stereocenters. The number of ether oxygens (including phenoxy) is 2. The molecule has 0 aliphatic rings. The zero-order chi connectivity index (χ0) is 14.4. The third-order valence-electron chi connectivity index (χ3n) is 2.85. The van der Waals surface area contributed by atoms with Gasteiger partial charge in [0.15, 0.2) is 0 Å². The molecular weight excluding hydrogens is 246 g/mol. The number of rotatable bonds is 5. The Hall–Kier alpha value is -2.04. The van der Waals surface area contributed by atoms with Gasteiger partial charge < -0.3 is 14.4 Å². The Kier molecular flexibility index (Phi) is 5.36. The first-order valence-corrected chi connectivity index (χ1v) is 6.09. The number of hydrogen-bond donors (Lipinski definition) is 0. The minimum atomic E-state index is -0.626. The maximum atomic E-state index is 12.2. The number of hydrogen-bond acceptors (Lipinski definition) is 4. The molecule has 0 fully saturated rings. The van der Waals surface area contributed by atoms with Gasteiger partial charge in [0, 0.05) is 12.6 Å². The molecule has 104 valence electrons. The summed E-state index contributed by atoms with van der Waals surface area (Å²) in [6, 6.07) is 6.18. The van der Waals surface area contributed by atoms with Crippen LogP contribution in [-0.4, -0.2) is 43.6 Å². The second-order valence-electron chi connectivity index (χ2n) is 4.08. The van der Waals surface area contributed by atoms with Crippen LogP contribution in [0.3, 0.4) is 0 Å². The van der Waals surface area contributed by atoms with E-state index in [1.807, 2.05) is 0 Å². The van der Waals surface area contributed by atoms with Crippen molar-refractivity contribution in [1.29, 1.82) is 0 Å². The van der Waals surface area contributed by atoms with Gasteiger partial charge >= 0.3 is 5.97 Å². The quantitative estimate of drug-likeness (QED) is 0.761. The molecule has 1 amide bonds. The molecular formula is C14H19NO4. The first kappa shape index (κ1) is 15.0. The van der Waals surface area contributed by atoms with E-state index >= 15 is 0 Å². The summed E-state index contributed by atoms with van der Waals surface area (Å²) in [4.78, 5) is 25.2. The summed E-state index contributed by atoms with van der Waals surface area (Å²) in [7, 11) is 3.11. The Bertz CT molecular complexity index is 459. The maximum Gasteiger partial charge on any atom is 0.328 e. The molecule has 1 unspecified atom stereocenters. The van der Waals surface area contributed by atoms with Crippen LogP contribution >= 0.6 is 0 Å². The number of methoxy groups -OCH3 is 1. The van der Waals surface area contributed by atoms with Crippen LogP contribution in [0.5, 0.6) is 5.75 Å². The Morgan fingerprint density at radius 3 is 2.63 bits per heavy atom. The molecule has 0 aliphatic heterocycles. The van der Waals surface area contributed by atoms with Crippen molar-refractivity contribution in [3.63, 3.8) is 0 Å². The van der Waals surface area contributed by atoms with Gasteiger partial charge in [-0.15, -0.1) is 0 Å². The van der Waals surface area contributed by atoms with Crippen LogP contribution in [0.4, 0.5) is 0 Å². The highest BCUT2D eigenvalue weighted by atomic mass is 16.5. The fraction of sp³-hybridized carbons (Fsp3) is 0.429. The fourth-order valence-electron chi connectivity index (χ4n) is 1.56. The summed E-state index contributed by atoms with van der Waals surface area (Å²) < 4.78 is 9.97. The molecule has 5 heteroatoms. The van der Waals surface area contributed by atoms with Crippen LogP contribution in [0, 0.1) is 0 Å². The molecule has 5 nitrogen and oxygen atoms in total. The number of nitrogens with zero attached hydrogens (tertiary/aromatic N) is 1. The Morgan fingerprint density at radius 1 is 1.37 bits per heavy atom. The lowest BCUT2D eigenvalue weighted by Crippen LogP contribution is -2.41. The van der Waals surface area contributed by atoms with Crippen molar-refractivity contribution in [3.8, 4) is 5.75 Å². The number of likely N-dealkylation sites (N-methyl/N-ethyl adjacent to an activating group) is 1. The third-order valence-corrected chi connectivity index (χ3v) is 2.85. The zero-order valence-electron chi connectivity index (χ0n) is 11.7. The van der Waals surface area contributed by atoms with Gasteiger partial charge in [-0.1, -0.05) is 6.07 Å². The van der Waals surface area contributed by atoms with Crippen LogP contribution in [0.2, 0.25) is 0 Å². The van der Waals surface area contributed by atoms with Gasteiger partial charge in [-0.2, -0.15) is 0 Å². The number of carbonyl (C=O) groups excluding carboxylic acids is 2. The largest absolute Gasteiger partial charge is 0.497 e. The van der Waals surface area contributed by atoms with Gasteiger partial charge in [0.1, 0.15) is 11.8 Å². The van der Waals surface area contributed by atoms with Crippen molar-refractivity contribution in [3.05, 3.63) is 29.8 Å².